The maximum atomic E-state index is 4.42. The van der Waals surface area contributed by atoms with Gasteiger partial charge in [0.2, 0.25) is 0 Å². The van der Waals surface area contributed by atoms with Crippen LogP contribution in [0.4, 0.5) is 0 Å². The Balaban J connectivity index is 1.42. The summed E-state index contributed by atoms with van der Waals surface area (Å²) in [6.07, 6.45) is 8.60. The standard InChI is InChI=1S/C16H28N4/c1-2-9-20-16(5-8-18-20)13-19-10-6-15(7-11-19)17-12-14-3-4-14/h5,8,14-15,17H,2-4,6-7,9-13H2,1H3. The number of aromatic nitrogens is 2. The molecule has 20 heavy (non-hydrogen) atoms. The smallest absolute Gasteiger partial charge is 0.0524 e. The zero-order chi connectivity index (χ0) is 13.8. The zero-order valence-electron chi connectivity index (χ0n) is 12.7. The summed E-state index contributed by atoms with van der Waals surface area (Å²) in [4.78, 5) is 2.58. The van der Waals surface area contributed by atoms with Gasteiger partial charge in [0.1, 0.15) is 0 Å². The van der Waals surface area contributed by atoms with Crippen LogP contribution in [0.25, 0.3) is 0 Å². The van der Waals surface area contributed by atoms with E-state index in [1.54, 1.807) is 0 Å². The summed E-state index contributed by atoms with van der Waals surface area (Å²) in [7, 11) is 0. The molecule has 1 aromatic rings. The topological polar surface area (TPSA) is 33.1 Å². The fourth-order valence-corrected chi connectivity index (χ4v) is 3.09. The molecule has 1 aliphatic carbocycles. The van der Waals surface area contributed by atoms with Gasteiger partial charge in [0.15, 0.2) is 0 Å². The molecule has 1 N–H and O–H groups in total. The molecule has 2 heterocycles. The van der Waals surface area contributed by atoms with E-state index in [0.29, 0.717) is 0 Å². The molecule has 4 heteroatoms. The summed E-state index contributed by atoms with van der Waals surface area (Å²) in [5, 5.41) is 8.17. The third kappa shape index (κ3) is 3.83. The first-order chi connectivity index (χ1) is 9.85. The van der Waals surface area contributed by atoms with Crippen LogP contribution in [0.15, 0.2) is 12.3 Å². The first-order valence-corrected chi connectivity index (χ1v) is 8.31. The summed E-state index contributed by atoms with van der Waals surface area (Å²) in [6, 6.07) is 2.93. The maximum absolute atomic E-state index is 4.42. The molecule has 0 bridgehead atoms. The minimum Gasteiger partial charge on any atom is -0.314 e. The molecule has 3 rings (SSSR count). The summed E-state index contributed by atoms with van der Waals surface area (Å²) >= 11 is 0. The third-order valence-corrected chi connectivity index (χ3v) is 4.61. The second kappa shape index (κ2) is 6.72. The molecule has 1 saturated heterocycles. The van der Waals surface area contributed by atoms with Crippen LogP contribution in [0.2, 0.25) is 0 Å². The molecule has 1 aliphatic heterocycles. The molecule has 0 atom stereocenters. The molecular formula is C16H28N4. The Morgan fingerprint density at radius 2 is 2.05 bits per heavy atom. The highest BCUT2D eigenvalue weighted by atomic mass is 15.3. The van der Waals surface area contributed by atoms with Crippen LogP contribution in [0.5, 0.6) is 0 Å². The van der Waals surface area contributed by atoms with Crippen LogP contribution in [-0.2, 0) is 13.1 Å². The van der Waals surface area contributed by atoms with Crippen molar-refractivity contribution in [3.63, 3.8) is 0 Å². The van der Waals surface area contributed by atoms with Crippen LogP contribution in [0.1, 0.15) is 44.7 Å². The first kappa shape index (κ1) is 14.1. The average Bonchev–Trinajstić information content (AvgIpc) is 3.20. The van der Waals surface area contributed by atoms with Gasteiger partial charge in [0.25, 0.3) is 0 Å². The highest BCUT2D eigenvalue weighted by molar-refractivity contribution is 5.01. The quantitative estimate of drug-likeness (QED) is 0.829. The van der Waals surface area contributed by atoms with Crippen molar-refractivity contribution in [3.8, 4) is 0 Å². The molecule has 2 fully saturated rings. The lowest BCUT2D eigenvalue weighted by molar-refractivity contribution is 0.185. The molecule has 0 spiro atoms. The lowest BCUT2D eigenvalue weighted by Crippen LogP contribution is -2.42. The molecule has 1 saturated carbocycles. The van der Waals surface area contributed by atoms with E-state index in [1.165, 1.54) is 51.0 Å². The van der Waals surface area contributed by atoms with E-state index in [-0.39, 0.29) is 0 Å². The van der Waals surface area contributed by atoms with Crippen molar-refractivity contribution in [2.75, 3.05) is 19.6 Å². The number of aryl methyl sites for hydroxylation is 1. The van der Waals surface area contributed by atoms with Gasteiger partial charge < -0.3 is 5.32 Å². The normalized spacial score (nSPS) is 21.4. The largest absolute Gasteiger partial charge is 0.314 e. The van der Waals surface area contributed by atoms with Gasteiger partial charge in [0, 0.05) is 38.4 Å². The second-order valence-corrected chi connectivity index (χ2v) is 6.45. The van der Waals surface area contributed by atoms with Gasteiger partial charge in [0.05, 0.1) is 5.69 Å². The number of likely N-dealkylation sites (tertiary alicyclic amines) is 1. The molecule has 0 radical (unpaired) electrons. The van der Waals surface area contributed by atoms with E-state index < -0.39 is 0 Å². The van der Waals surface area contributed by atoms with Gasteiger partial charge in [-0.15, -0.1) is 0 Å². The highest BCUT2D eigenvalue weighted by Crippen LogP contribution is 2.28. The summed E-state index contributed by atoms with van der Waals surface area (Å²) < 4.78 is 2.16. The molecule has 112 valence electrons. The van der Waals surface area contributed by atoms with Gasteiger partial charge in [-0.05, 0) is 50.6 Å². The van der Waals surface area contributed by atoms with E-state index in [2.05, 4.69) is 33.0 Å². The Kier molecular flexibility index (Phi) is 4.73. The van der Waals surface area contributed by atoms with Crippen LogP contribution < -0.4 is 5.32 Å². The molecular weight excluding hydrogens is 248 g/mol. The van der Waals surface area contributed by atoms with Gasteiger partial charge in [-0.25, -0.2) is 0 Å². The maximum Gasteiger partial charge on any atom is 0.0524 e. The molecule has 0 aromatic carbocycles. The lowest BCUT2D eigenvalue weighted by Gasteiger charge is -2.32. The Labute approximate surface area is 122 Å². The fourth-order valence-electron chi connectivity index (χ4n) is 3.09. The van der Waals surface area contributed by atoms with Crippen molar-refractivity contribution < 1.29 is 0 Å². The van der Waals surface area contributed by atoms with E-state index in [9.17, 15) is 0 Å². The van der Waals surface area contributed by atoms with Crippen molar-refractivity contribution in [3.05, 3.63) is 18.0 Å². The lowest BCUT2D eigenvalue weighted by atomic mass is 10.0. The molecule has 4 nitrogen and oxygen atoms in total. The summed E-state index contributed by atoms with van der Waals surface area (Å²) in [5.41, 5.74) is 1.37. The van der Waals surface area contributed by atoms with Gasteiger partial charge in [-0.1, -0.05) is 6.92 Å². The van der Waals surface area contributed by atoms with E-state index in [1.807, 2.05) is 6.20 Å². The van der Waals surface area contributed by atoms with Crippen molar-refractivity contribution in [2.24, 2.45) is 5.92 Å². The number of piperidine rings is 1. The van der Waals surface area contributed by atoms with Crippen LogP contribution in [0.3, 0.4) is 0 Å². The van der Waals surface area contributed by atoms with Crippen molar-refractivity contribution in [1.82, 2.24) is 20.0 Å². The predicted molar refractivity (Wildman–Crippen MR) is 81.5 cm³/mol. The second-order valence-electron chi connectivity index (χ2n) is 6.45. The average molecular weight is 276 g/mol. The summed E-state index contributed by atoms with van der Waals surface area (Å²) in [6.45, 7) is 8.02. The number of nitrogens with one attached hydrogen (secondary N) is 1. The fraction of sp³-hybridized carbons (Fsp3) is 0.812. The highest BCUT2D eigenvalue weighted by Gasteiger charge is 2.24. The van der Waals surface area contributed by atoms with Crippen LogP contribution in [-0.4, -0.2) is 40.4 Å². The van der Waals surface area contributed by atoms with Crippen molar-refractivity contribution in [1.29, 1.82) is 0 Å². The first-order valence-electron chi connectivity index (χ1n) is 8.31. The van der Waals surface area contributed by atoms with E-state index in [0.717, 1.165) is 31.5 Å². The number of rotatable bonds is 7. The van der Waals surface area contributed by atoms with E-state index >= 15 is 0 Å². The number of hydrogen-bond acceptors (Lipinski definition) is 3. The van der Waals surface area contributed by atoms with Gasteiger partial charge in [-0.2, -0.15) is 5.10 Å². The molecule has 0 unspecified atom stereocenters. The Morgan fingerprint density at radius 1 is 1.25 bits per heavy atom. The van der Waals surface area contributed by atoms with Crippen molar-refractivity contribution in [2.45, 2.75) is 58.2 Å². The SMILES string of the molecule is CCCn1nccc1CN1CCC(NCC2CC2)CC1. The molecule has 2 aliphatic rings. The Morgan fingerprint density at radius 3 is 2.75 bits per heavy atom. The zero-order valence-corrected chi connectivity index (χ0v) is 12.7. The minimum absolute atomic E-state index is 0.757. The monoisotopic (exact) mass is 276 g/mol. The molecule has 0 amide bonds. The Bertz CT molecular complexity index is 402. The van der Waals surface area contributed by atoms with E-state index in [4.69, 9.17) is 0 Å². The minimum atomic E-state index is 0.757. The third-order valence-electron chi connectivity index (χ3n) is 4.61. The van der Waals surface area contributed by atoms with Crippen LogP contribution >= 0.6 is 0 Å². The summed E-state index contributed by atoms with van der Waals surface area (Å²) in [5.74, 6) is 0.997. The van der Waals surface area contributed by atoms with Gasteiger partial charge >= 0.3 is 0 Å². The van der Waals surface area contributed by atoms with Crippen LogP contribution in [0, 0.1) is 5.92 Å². The number of nitrogens with zero attached hydrogens (tertiary/aromatic N) is 3. The Hall–Kier alpha value is -0.870. The van der Waals surface area contributed by atoms with Gasteiger partial charge in [-0.3, -0.25) is 9.58 Å². The predicted octanol–water partition coefficient (Wildman–Crippen LogP) is 2.26. The number of hydrogen-bond donors (Lipinski definition) is 1. The molecule has 1 aromatic heterocycles. The van der Waals surface area contributed by atoms with Crippen molar-refractivity contribution >= 4 is 0 Å².